The molecule has 0 saturated carbocycles. The zero-order valence-electron chi connectivity index (χ0n) is 14.4. The number of benzene rings is 2. The van der Waals surface area contributed by atoms with Crippen LogP contribution >= 0.6 is 0 Å². The summed E-state index contributed by atoms with van der Waals surface area (Å²) in [5, 5.41) is 3.59. The maximum absolute atomic E-state index is 5.84. The maximum Gasteiger partial charge on any atom is 0.161 e. The molecule has 0 spiro atoms. The van der Waals surface area contributed by atoms with Crippen LogP contribution in [0.25, 0.3) is 0 Å². The van der Waals surface area contributed by atoms with Gasteiger partial charge in [-0.25, -0.2) is 0 Å². The number of methoxy groups -OCH3 is 2. The van der Waals surface area contributed by atoms with Crippen molar-refractivity contribution in [3.8, 4) is 11.5 Å². The van der Waals surface area contributed by atoms with Crippen LogP contribution in [0.2, 0.25) is 0 Å². The van der Waals surface area contributed by atoms with Crippen LogP contribution in [0, 0.1) is 0 Å². The number of ether oxygens (including phenoxy) is 3. The van der Waals surface area contributed by atoms with Gasteiger partial charge < -0.3 is 19.5 Å². The lowest BCUT2D eigenvalue weighted by Crippen LogP contribution is -2.30. The Morgan fingerprint density at radius 3 is 2.54 bits per heavy atom. The Bertz CT molecular complexity index is 657. The molecule has 0 bridgehead atoms. The highest BCUT2D eigenvalue weighted by Crippen LogP contribution is 2.36. The van der Waals surface area contributed by atoms with Gasteiger partial charge >= 0.3 is 0 Å². The van der Waals surface area contributed by atoms with Crippen molar-refractivity contribution in [3.63, 3.8) is 0 Å². The molecule has 128 valence electrons. The molecular formula is C20H25NO3. The minimum atomic E-state index is 0.296. The number of hydrogen-bond acceptors (Lipinski definition) is 4. The number of nitrogens with one attached hydrogen (secondary N) is 1. The molecule has 1 atom stereocenters. The smallest absolute Gasteiger partial charge is 0.161 e. The van der Waals surface area contributed by atoms with Crippen molar-refractivity contribution >= 4 is 0 Å². The average molecular weight is 327 g/mol. The summed E-state index contributed by atoms with van der Waals surface area (Å²) in [5.74, 6) is 1.59. The summed E-state index contributed by atoms with van der Waals surface area (Å²) in [4.78, 5) is 0. The highest BCUT2D eigenvalue weighted by Gasteiger charge is 2.22. The third-order valence-electron chi connectivity index (χ3n) is 4.47. The van der Waals surface area contributed by atoms with Gasteiger partial charge in [-0.05, 0) is 48.2 Å². The molecule has 0 amide bonds. The van der Waals surface area contributed by atoms with Gasteiger partial charge in [0.25, 0.3) is 0 Å². The molecule has 2 aromatic rings. The van der Waals surface area contributed by atoms with Gasteiger partial charge in [-0.15, -0.1) is 0 Å². The Kier molecular flexibility index (Phi) is 5.72. The van der Waals surface area contributed by atoms with E-state index in [9.17, 15) is 0 Å². The minimum absolute atomic E-state index is 0.296. The molecule has 0 aliphatic carbocycles. The second-order valence-electron chi connectivity index (χ2n) is 5.99. The molecule has 1 unspecified atom stereocenters. The first kappa shape index (κ1) is 16.8. The van der Waals surface area contributed by atoms with Crippen molar-refractivity contribution in [2.45, 2.75) is 25.5 Å². The Balaban J connectivity index is 1.62. The van der Waals surface area contributed by atoms with Crippen molar-refractivity contribution in [2.24, 2.45) is 0 Å². The molecule has 0 radical (unpaired) electrons. The van der Waals surface area contributed by atoms with Gasteiger partial charge in [0.15, 0.2) is 11.5 Å². The highest BCUT2D eigenvalue weighted by atomic mass is 16.5. The van der Waals surface area contributed by atoms with E-state index >= 15 is 0 Å². The molecule has 1 aliphatic rings. The van der Waals surface area contributed by atoms with E-state index in [-0.39, 0.29) is 0 Å². The molecule has 2 aromatic carbocycles. The van der Waals surface area contributed by atoms with Crippen LogP contribution in [-0.4, -0.2) is 27.4 Å². The van der Waals surface area contributed by atoms with E-state index in [0.29, 0.717) is 12.6 Å². The SMILES string of the molecule is COc1cc2c(cc1OC)C(CCOCc1ccccc1)NCC2. The van der Waals surface area contributed by atoms with Crippen LogP contribution < -0.4 is 14.8 Å². The van der Waals surface area contributed by atoms with Gasteiger partial charge in [0.1, 0.15) is 0 Å². The highest BCUT2D eigenvalue weighted by molar-refractivity contribution is 5.49. The Morgan fingerprint density at radius 2 is 1.79 bits per heavy atom. The maximum atomic E-state index is 5.84. The molecule has 4 heteroatoms. The van der Waals surface area contributed by atoms with E-state index < -0.39 is 0 Å². The summed E-state index contributed by atoms with van der Waals surface area (Å²) in [7, 11) is 3.36. The zero-order chi connectivity index (χ0) is 16.8. The fraction of sp³-hybridized carbons (Fsp3) is 0.400. The summed E-state index contributed by atoms with van der Waals surface area (Å²) in [6, 6.07) is 14.8. The van der Waals surface area contributed by atoms with Gasteiger partial charge in [-0.3, -0.25) is 0 Å². The predicted octanol–water partition coefficient (Wildman–Crippen LogP) is 3.50. The molecule has 1 aliphatic heterocycles. The van der Waals surface area contributed by atoms with Gasteiger partial charge in [0, 0.05) is 12.6 Å². The van der Waals surface area contributed by atoms with Crippen LogP contribution in [-0.2, 0) is 17.8 Å². The van der Waals surface area contributed by atoms with Gasteiger partial charge in [-0.1, -0.05) is 30.3 Å². The standard InChI is InChI=1S/C20H25NO3/c1-22-19-12-16-8-10-21-18(17(16)13-20(19)23-2)9-11-24-14-15-6-4-3-5-7-15/h3-7,12-13,18,21H,8-11,14H2,1-2H3. The van der Waals surface area contributed by atoms with Gasteiger partial charge in [-0.2, -0.15) is 0 Å². The first-order valence-corrected chi connectivity index (χ1v) is 8.41. The normalized spacial score (nSPS) is 16.5. The number of fused-ring (bicyclic) bond motifs is 1. The minimum Gasteiger partial charge on any atom is -0.493 e. The number of rotatable bonds is 7. The summed E-state index contributed by atoms with van der Waals surface area (Å²) < 4.78 is 16.7. The quantitative estimate of drug-likeness (QED) is 0.790. The lowest BCUT2D eigenvalue weighted by atomic mass is 9.92. The summed E-state index contributed by atoms with van der Waals surface area (Å²) in [6.07, 6.45) is 1.95. The fourth-order valence-electron chi connectivity index (χ4n) is 3.19. The van der Waals surface area contributed by atoms with Crippen LogP contribution in [0.5, 0.6) is 11.5 Å². The van der Waals surface area contributed by atoms with Crippen molar-refractivity contribution in [3.05, 3.63) is 59.2 Å². The van der Waals surface area contributed by atoms with Crippen molar-refractivity contribution < 1.29 is 14.2 Å². The number of hydrogen-bond donors (Lipinski definition) is 1. The van der Waals surface area contributed by atoms with Crippen LogP contribution in [0.3, 0.4) is 0 Å². The van der Waals surface area contributed by atoms with Gasteiger partial charge in [0.2, 0.25) is 0 Å². The zero-order valence-corrected chi connectivity index (χ0v) is 14.4. The molecule has 4 nitrogen and oxygen atoms in total. The van der Waals surface area contributed by atoms with E-state index in [0.717, 1.165) is 37.5 Å². The fourth-order valence-corrected chi connectivity index (χ4v) is 3.19. The van der Waals surface area contributed by atoms with Crippen molar-refractivity contribution in [1.29, 1.82) is 0 Å². The molecular weight excluding hydrogens is 302 g/mol. The monoisotopic (exact) mass is 327 g/mol. The van der Waals surface area contributed by atoms with Crippen molar-refractivity contribution in [2.75, 3.05) is 27.4 Å². The molecule has 0 aromatic heterocycles. The van der Waals surface area contributed by atoms with E-state index in [1.165, 1.54) is 16.7 Å². The van der Waals surface area contributed by atoms with E-state index in [2.05, 4.69) is 29.6 Å². The van der Waals surface area contributed by atoms with Crippen LogP contribution in [0.1, 0.15) is 29.2 Å². The van der Waals surface area contributed by atoms with Gasteiger partial charge in [0.05, 0.1) is 20.8 Å². The molecule has 1 N–H and O–H groups in total. The predicted molar refractivity (Wildman–Crippen MR) is 94.7 cm³/mol. The Hall–Kier alpha value is -2.04. The second kappa shape index (κ2) is 8.18. The van der Waals surface area contributed by atoms with Crippen LogP contribution in [0.4, 0.5) is 0 Å². The lowest BCUT2D eigenvalue weighted by Gasteiger charge is -2.28. The third kappa shape index (κ3) is 3.89. The second-order valence-corrected chi connectivity index (χ2v) is 5.99. The Morgan fingerprint density at radius 1 is 1.04 bits per heavy atom. The molecule has 0 saturated heterocycles. The largest absolute Gasteiger partial charge is 0.493 e. The average Bonchev–Trinajstić information content (AvgIpc) is 2.65. The Labute approximate surface area is 143 Å². The summed E-state index contributed by atoms with van der Waals surface area (Å²) in [6.45, 7) is 2.36. The molecule has 24 heavy (non-hydrogen) atoms. The third-order valence-corrected chi connectivity index (χ3v) is 4.47. The lowest BCUT2D eigenvalue weighted by molar-refractivity contribution is 0.110. The summed E-state index contributed by atoms with van der Waals surface area (Å²) in [5.41, 5.74) is 3.84. The van der Waals surface area contributed by atoms with Crippen molar-refractivity contribution in [1.82, 2.24) is 5.32 Å². The molecule has 3 rings (SSSR count). The van der Waals surface area contributed by atoms with E-state index in [1.807, 2.05) is 18.2 Å². The van der Waals surface area contributed by atoms with E-state index in [1.54, 1.807) is 14.2 Å². The molecule has 0 fully saturated rings. The van der Waals surface area contributed by atoms with Crippen LogP contribution in [0.15, 0.2) is 42.5 Å². The molecule has 1 heterocycles. The first-order valence-electron chi connectivity index (χ1n) is 8.41. The summed E-state index contributed by atoms with van der Waals surface area (Å²) >= 11 is 0. The first-order chi connectivity index (χ1) is 11.8. The topological polar surface area (TPSA) is 39.7 Å². The van der Waals surface area contributed by atoms with E-state index in [4.69, 9.17) is 14.2 Å².